The minimum atomic E-state index is -0.129. The number of hydrogen-bond acceptors (Lipinski definition) is 2. The predicted molar refractivity (Wildman–Crippen MR) is 55.1 cm³/mol. The highest BCUT2D eigenvalue weighted by atomic mass is 16.5. The van der Waals surface area contributed by atoms with Crippen molar-refractivity contribution in [2.24, 2.45) is 0 Å². The van der Waals surface area contributed by atoms with Crippen LogP contribution in [-0.4, -0.2) is 21.0 Å². The summed E-state index contributed by atoms with van der Waals surface area (Å²) < 4.78 is 8.02. The van der Waals surface area contributed by atoms with Gasteiger partial charge in [0, 0.05) is 18.8 Å². The van der Waals surface area contributed by atoms with Gasteiger partial charge in [0.05, 0.1) is 17.2 Å². The van der Waals surface area contributed by atoms with Gasteiger partial charge >= 0.3 is 0 Å². The SMILES string of the molecule is CC1(C)C[C@H](n2cccn2)C(C)(C)O1. The quantitative estimate of drug-likeness (QED) is 0.686. The first-order valence-electron chi connectivity index (χ1n) is 5.10. The Balaban J connectivity index is 2.29. The van der Waals surface area contributed by atoms with Crippen LogP contribution in [0.4, 0.5) is 0 Å². The molecule has 1 aromatic heterocycles. The van der Waals surface area contributed by atoms with Crippen molar-refractivity contribution >= 4 is 0 Å². The fourth-order valence-corrected chi connectivity index (χ4v) is 2.41. The van der Waals surface area contributed by atoms with E-state index in [2.05, 4.69) is 32.8 Å². The molecule has 0 saturated carbocycles. The fourth-order valence-electron chi connectivity index (χ4n) is 2.41. The van der Waals surface area contributed by atoms with E-state index in [-0.39, 0.29) is 11.2 Å². The molecule has 0 spiro atoms. The first-order chi connectivity index (χ1) is 6.41. The molecule has 1 aliphatic heterocycles. The number of nitrogens with zero attached hydrogens (tertiary/aromatic N) is 2. The first kappa shape index (κ1) is 9.71. The molecule has 0 unspecified atom stereocenters. The van der Waals surface area contributed by atoms with Crippen LogP contribution in [0, 0.1) is 0 Å². The van der Waals surface area contributed by atoms with Gasteiger partial charge < -0.3 is 4.74 Å². The molecule has 0 radical (unpaired) electrons. The predicted octanol–water partition coefficient (Wildman–Crippen LogP) is 2.40. The van der Waals surface area contributed by atoms with Crippen LogP contribution in [0.5, 0.6) is 0 Å². The van der Waals surface area contributed by atoms with E-state index in [1.165, 1.54) is 0 Å². The van der Waals surface area contributed by atoms with Crippen molar-refractivity contribution in [1.29, 1.82) is 0 Å². The Hall–Kier alpha value is -0.830. The topological polar surface area (TPSA) is 27.1 Å². The second kappa shape index (κ2) is 2.83. The Morgan fingerprint density at radius 3 is 2.50 bits per heavy atom. The molecule has 2 rings (SSSR count). The van der Waals surface area contributed by atoms with Gasteiger partial charge in [0.2, 0.25) is 0 Å². The first-order valence-corrected chi connectivity index (χ1v) is 5.10. The molecule has 1 saturated heterocycles. The molecular weight excluding hydrogens is 176 g/mol. The molecule has 78 valence electrons. The Morgan fingerprint density at radius 2 is 2.07 bits per heavy atom. The monoisotopic (exact) mass is 194 g/mol. The van der Waals surface area contributed by atoms with Gasteiger partial charge in [-0.05, 0) is 33.8 Å². The molecular formula is C11H18N2O. The third kappa shape index (κ3) is 1.57. The maximum Gasteiger partial charge on any atom is 0.0857 e. The number of rotatable bonds is 1. The molecule has 14 heavy (non-hydrogen) atoms. The van der Waals surface area contributed by atoms with E-state index in [0.717, 1.165) is 6.42 Å². The van der Waals surface area contributed by atoms with Gasteiger partial charge in [-0.1, -0.05) is 0 Å². The van der Waals surface area contributed by atoms with Crippen LogP contribution in [-0.2, 0) is 4.74 Å². The summed E-state index contributed by atoms with van der Waals surface area (Å²) in [6.45, 7) is 8.54. The summed E-state index contributed by atoms with van der Waals surface area (Å²) in [6, 6.07) is 2.30. The molecule has 1 atom stereocenters. The fraction of sp³-hybridized carbons (Fsp3) is 0.727. The largest absolute Gasteiger partial charge is 0.367 e. The van der Waals surface area contributed by atoms with Crippen molar-refractivity contribution in [2.45, 2.75) is 51.4 Å². The summed E-state index contributed by atoms with van der Waals surface area (Å²) in [5, 5.41) is 4.30. The zero-order valence-electron chi connectivity index (χ0n) is 9.32. The van der Waals surface area contributed by atoms with Crippen molar-refractivity contribution in [3.05, 3.63) is 18.5 Å². The second-order valence-corrected chi connectivity index (χ2v) is 5.17. The summed E-state index contributed by atoms with van der Waals surface area (Å²) in [4.78, 5) is 0. The van der Waals surface area contributed by atoms with Crippen molar-refractivity contribution in [1.82, 2.24) is 9.78 Å². The summed E-state index contributed by atoms with van der Waals surface area (Å²) in [5.74, 6) is 0. The number of ether oxygens (including phenoxy) is 1. The Morgan fingerprint density at radius 1 is 1.36 bits per heavy atom. The molecule has 0 aliphatic carbocycles. The van der Waals surface area contributed by atoms with Crippen LogP contribution in [0.2, 0.25) is 0 Å². The van der Waals surface area contributed by atoms with E-state index in [0.29, 0.717) is 6.04 Å². The summed E-state index contributed by atoms with van der Waals surface area (Å²) in [5.41, 5.74) is -0.171. The van der Waals surface area contributed by atoms with Crippen molar-refractivity contribution in [3.8, 4) is 0 Å². The standard InChI is InChI=1S/C11H18N2O/c1-10(2)8-9(11(3,4)14-10)13-7-5-6-12-13/h5-7,9H,8H2,1-4H3/t9-/m0/s1. The van der Waals surface area contributed by atoms with E-state index in [1.807, 2.05) is 23.1 Å². The third-order valence-corrected chi connectivity index (χ3v) is 2.87. The van der Waals surface area contributed by atoms with Crippen molar-refractivity contribution in [3.63, 3.8) is 0 Å². The zero-order chi connectivity index (χ0) is 10.4. The van der Waals surface area contributed by atoms with Crippen LogP contribution in [0.15, 0.2) is 18.5 Å². The van der Waals surface area contributed by atoms with Crippen LogP contribution in [0.1, 0.15) is 40.2 Å². The van der Waals surface area contributed by atoms with Gasteiger partial charge in [-0.2, -0.15) is 5.10 Å². The van der Waals surface area contributed by atoms with Gasteiger partial charge in [-0.15, -0.1) is 0 Å². The van der Waals surface area contributed by atoms with Crippen LogP contribution in [0.25, 0.3) is 0 Å². The average molecular weight is 194 g/mol. The molecule has 3 heteroatoms. The summed E-state index contributed by atoms with van der Waals surface area (Å²) >= 11 is 0. The highest BCUT2D eigenvalue weighted by molar-refractivity contribution is 4.98. The molecule has 1 aliphatic rings. The van der Waals surface area contributed by atoms with Crippen molar-refractivity contribution < 1.29 is 4.74 Å². The lowest BCUT2D eigenvalue weighted by Gasteiger charge is -2.27. The highest BCUT2D eigenvalue weighted by Gasteiger charge is 2.46. The van der Waals surface area contributed by atoms with Gasteiger partial charge in [0.25, 0.3) is 0 Å². The Bertz CT molecular complexity index is 314. The van der Waals surface area contributed by atoms with E-state index in [9.17, 15) is 0 Å². The lowest BCUT2D eigenvalue weighted by atomic mass is 9.95. The smallest absolute Gasteiger partial charge is 0.0857 e. The molecule has 1 fully saturated rings. The normalized spacial score (nSPS) is 29.3. The van der Waals surface area contributed by atoms with E-state index < -0.39 is 0 Å². The zero-order valence-corrected chi connectivity index (χ0v) is 9.32. The lowest BCUT2D eigenvalue weighted by Crippen LogP contribution is -2.31. The summed E-state index contributed by atoms with van der Waals surface area (Å²) in [6.07, 6.45) is 4.85. The maximum absolute atomic E-state index is 6.01. The highest BCUT2D eigenvalue weighted by Crippen LogP contribution is 2.44. The molecule has 0 bridgehead atoms. The van der Waals surface area contributed by atoms with Crippen molar-refractivity contribution in [2.75, 3.05) is 0 Å². The molecule has 1 aromatic rings. The van der Waals surface area contributed by atoms with E-state index in [4.69, 9.17) is 4.74 Å². The second-order valence-electron chi connectivity index (χ2n) is 5.17. The van der Waals surface area contributed by atoms with E-state index >= 15 is 0 Å². The minimum absolute atomic E-state index is 0.0416. The van der Waals surface area contributed by atoms with Crippen LogP contribution >= 0.6 is 0 Å². The Labute approximate surface area is 85.1 Å². The van der Waals surface area contributed by atoms with Gasteiger partial charge in [0.15, 0.2) is 0 Å². The molecule has 3 nitrogen and oxygen atoms in total. The molecule has 0 N–H and O–H groups in total. The summed E-state index contributed by atoms with van der Waals surface area (Å²) in [7, 11) is 0. The van der Waals surface area contributed by atoms with Crippen LogP contribution in [0.3, 0.4) is 0 Å². The lowest BCUT2D eigenvalue weighted by molar-refractivity contribution is -0.0737. The van der Waals surface area contributed by atoms with E-state index in [1.54, 1.807) is 0 Å². The Kier molecular flexibility index (Phi) is 1.96. The maximum atomic E-state index is 6.01. The molecule has 0 aromatic carbocycles. The molecule has 0 amide bonds. The van der Waals surface area contributed by atoms with Gasteiger partial charge in [0.1, 0.15) is 0 Å². The van der Waals surface area contributed by atoms with Crippen LogP contribution < -0.4 is 0 Å². The minimum Gasteiger partial charge on any atom is -0.367 e. The van der Waals surface area contributed by atoms with Gasteiger partial charge in [-0.25, -0.2) is 0 Å². The number of hydrogen-bond donors (Lipinski definition) is 0. The molecule has 2 heterocycles. The van der Waals surface area contributed by atoms with Gasteiger partial charge in [-0.3, -0.25) is 4.68 Å². The third-order valence-electron chi connectivity index (χ3n) is 2.87. The average Bonchev–Trinajstić information content (AvgIpc) is 2.54. The number of aromatic nitrogens is 2.